The molecule has 0 atom stereocenters. The number of hydrogen-bond donors (Lipinski definition) is 2. The normalized spacial score (nSPS) is 12.8. The molecule has 4 rings (SSSR count). The summed E-state index contributed by atoms with van der Waals surface area (Å²) in [6.07, 6.45) is 3.47. The van der Waals surface area contributed by atoms with Gasteiger partial charge in [-0.05, 0) is 48.6 Å². The first kappa shape index (κ1) is 16.4. The van der Waals surface area contributed by atoms with Gasteiger partial charge in [0.05, 0.1) is 12.1 Å². The first-order valence-corrected chi connectivity index (χ1v) is 8.85. The van der Waals surface area contributed by atoms with E-state index < -0.39 is 0 Å². The Hall–Kier alpha value is -3.08. The van der Waals surface area contributed by atoms with Gasteiger partial charge in [-0.15, -0.1) is 0 Å². The van der Waals surface area contributed by atoms with Gasteiger partial charge >= 0.3 is 0 Å². The number of hydrogen-bond acceptors (Lipinski definition) is 3. The molecule has 1 heterocycles. The Morgan fingerprint density at radius 1 is 1.08 bits per heavy atom. The van der Waals surface area contributed by atoms with Crippen molar-refractivity contribution in [2.45, 2.75) is 19.3 Å². The van der Waals surface area contributed by atoms with Crippen LogP contribution in [0.2, 0.25) is 0 Å². The number of aromatic amines is 1. The lowest BCUT2D eigenvalue weighted by Crippen LogP contribution is -2.29. The first-order valence-electron chi connectivity index (χ1n) is 8.85. The zero-order valence-corrected chi connectivity index (χ0v) is 14.4. The lowest BCUT2D eigenvalue weighted by Gasteiger charge is -2.10. The Kier molecular flexibility index (Phi) is 4.44. The van der Waals surface area contributed by atoms with E-state index in [1.807, 2.05) is 24.3 Å². The summed E-state index contributed by atoms with van der Waals surface area (Å²) < 4.78 is 5.75. The Labute approximate surface area is 151 Å². The zero-order chi connectivity index (χ0) is 17.9. The maximum atomic E-state index is 12.5. The maximum Gasteiger partial charge on any atom is 0.252 e. The van der Waals surface area contributed by atoms with E-state index >= 15 is 0 Å². The number of nitrogens with one attached hydrogen (secondary N) is 2. The molecular formula is C21H20N2O3. The fraction of sp³-hybridized carbons (Fsp3) is 0.238. The summed E-state index contributed by atoms with van der Waals surface area (Å²) in [5.74, 6) is 0.561. The molecule has 0 unspecified atom stereocenters. The van der Waals surface area contributed by atoms with Gasteiger partial charge in [-0.2, -0.15) is 0 Å². The van der Waals surface area contributed by atoms with E-state index in [1.54, 1.807) is 6.07 Å². The van der Waals surface area contributed by atoms with Crippen LogP contribution in [0, 0.1) is 0 Å². The Morgan fingerprint density at radius 2 is 1.92 bits per heavy atom. The number of pyridine rings is 1. The fourth-order valence-electron chi connectivity index (χ4n) is 3.46. The molecule has 5 nitrogen and oxygen atoms in total. The second kappa shape index (κ2) is 7.04. The molecule has 5 heteroatoms. The lowest BCUT2D eigenvalue weighted by molar-refractivity contribution is 0.0948. The number of rotatable bonds is 5. The molecule has 26 heavy (non-hydrogen) atoms. The van der Waals surface area contributed by atoms with Gasteiger partial charge in [0.15, 0.2) is 0 Å². The van der Waals surface area contributed by atoms with E-state index in [2.05, 4.69) is 22.4 Å². The van der Waals surface area contributed by atoms with E-state index in [-0.39, 0.29) is 11.5 Å². The van der Waals surface area contributed by atoms with E-state index in [9.17, 15) is 9.59 Å². The third-order valence-electron chi connectivity index (χ3n) is 4.72. The van der Waals surface area contributed by atoms with Crippen LogP contribution in [-0.2, 0) is 12.8 Å². The van der Waals surface area contributed by atoms with Crippen molar-refractivity contribution in [2.24, 2.45) is 0 Å². The fourth-order valence-corrected chi connectivity index (χ4v) is 3.46. The standard InChI is InChI=1S/C21H20N2O3/c24-20-13-18(17-6-1-2-7-19(17)23-20)21(25)22-10-11-26-16-9-8-14-4-3-5-15(14)12-16/h1-2,6-9,12-13H,3-5,10-11H2,(H,22,25)(H,23,24). The molecule has 132 valence electrons. The highest BCUT2D eigenvalue weighted by molar-refractivity contribution is 6.05. The van der Waals surface area contributed by atoms with Crippen LogP contribution in [0.25, 0.3) is 10.9 Å². The van der Waals surface area contributed by atoms with Gasteiger partial charge < -0.3 is 15.0 Å². The molecule has 0 radical (unpaired) electrons. The summed E-state index contributed by atoms with van der Waals surface area (Å²) in [7, 11) is 0. The van der Waals surface area contributed by atoms with Crippen molar-refractivity contribution in [2.75, 3.05) is 13.2 Å². The average Bonchev–Trinajstić information content (AvgIpc) is 3.12. The van der Waals surface area contributed by atoms with Crippen molar-refractivity contribution in [3.8, 4) is 5.75 Å². The predicted molar refractivity (Wildman–Crippen MR) is 101 cm³/mol. The molecule has 0 saturated carbocycles. The summed E-state index contributed by atoms with van der Waals surface area (Å²) in [5.41, 5.74) is 3.51. The summed E-state index contributed by atoms with van der Waals surface area (Å²) in [5, 5.41) is 3.55. The Balaban J connectivity index is 1.38. The zero-order valence-electron chi connectivity index (χ0n) is 14.4. The highest BCUT2D eigenvalue weighted by Crippen LogP contribution is 2.25. The van der Waals surface area contributed by atoms with Crippen molar-refractivity contribution in [3.05, 3.63) is 75.6 Å². The van der Waals surface area contributed by atoms with Crippen molar-refractivity contribution < 1.29 is 9.53 Å². The molecule has 1 amide bonds. The van der Waals surface area contributed by atoms with Gasteiger partial charge in [0.1, 0.15) is 12.4 Å². The molecule has 0 bridgehead atoms. The molecule has 3 aromatic rings. The topological polar surface area (TPSA) is 71.2 Å². The summed E-state index contributed by atoms with van der Waals surface area (Å²) in [4.78, 5) is 26.9. The summed E-state index contributed by atoms with van der Waals surface area (Å²) >= 11 is 0. The van der Waals surface area contributed by atoms with Gasteiger partial charge in [-0.3, -0.25) is 9.59 Å². The van der Waals surface area contributed by atoms with Crippen LogP contribution in [0.1, 0.15) is 27.9 Å². The number of aromatic nitrogens is 1. The van der Waals surface area contributed by atoms with E-state index in [0.717, 1.165) is 24.0 Å². The summed E-state index contributed by atoms with van der Waals surface area (Å²) in [6, 6.07) is 14.8. The third-order valence-corrected chi connectivity index (χ3v) is 4.72. The number of para-hydroxylation sites is 1. The molecule has 2 N–H and O–H groups in total. The van der Waals surface area contributed by atoms with Gasteiger partial charge in [-0.25, -0.2) is 0 Å². The van der Waals surface area contributed by atoms with Crippen molar-refractivity contribution in [1.82, 2.24) is 10.3 Å². The predicted octanol–water partition coefficient (Wildman–Crippen LogP) is 2.83. The summed E-state index contributed by atoms with van der Waals surface area (Å²) in [6.45, 7) is 0.753. The van der Waals surface area contributed by atoms with Crippen molar-refractivity contribution in [1.29, 1.82) is 0 Å². The smallest absolute Gasteiger partial charge is 0.252 e. The quantitative estimate of drug-likeness (QED) is 0.697. The van der Waals surface area contributed by atoms with Crippen LogP contribution in [0.4, 0.5) is 0 Å². The van der Waals surface area contributed by atoms with Gasteiger partial charge in [-0.1, -0.05) is 24.3 Å². The number of carbonyl (C=O) groups excluding carboxylic acids is 1. The number of ether oxygens (including phenoxy) is 1. The molecule has 1 aromatic heterocycles. The van der Waals surface area contributed by atoms with Crippen LogP contribution in [-0.4, -0.2) is 24.0 Å². The van der Waals surface area contributed by atoms with E-state index in [1.165, 1.54) is 23.6 Å². The number of H-pyrrole nitrogens is 1. The number of aryl methyl sites for hydroxylation is 2. The van der Waals surface area contributed by atoms with E-state index in [4.69, 9.17) is 4.74 Å². The third kappa shape index (κ3) is 3.33. The van der Waals surface area contributed by atoms with Crippen LogP contribution in [0.15, 0.2) is 53.3 Å². The lowest BCUT2D eigenvalue weighted by atomic mass is 10.1. The van der Waals surface area contributed by atoms with Crippen LogP contribution in [0.5, 0.6) is 5.75 Å². The largest absolute Gasteiger partial charge is 0.492 e. The monoisotopic (exact) mass is 348 g/mol. The minimum atomic E-state index is -0.289. The average molecular weight is 348 g/mol. The molecule has 0 fully saturated rings. The van der Waals surface area contributed by atoms with Gasteiger partial charge in [0.25, 0.3) is 5.91 Å². The van der Waals surface area contributed by atoms with E-state index in [0.29, 0.717) is 24.2 Å². The van der Waals surface area contributed by atoms with Crippen molar-refractivity contribution in [3.63, 3.8) is 0 Å². The van der Waals surface area contributed by atoms with Crippen LogP contribution >= 0.6 is 0 Å². The first-order chi connectivity index (χ1) is 12.7. The molecular weight excluding hydrogens is 328 g/mol. The maximum absolute atomic E-state index is 12.5. The SMILES string of the molecule is O=C(NCCOc1ccc2c(c1)CCC2)c1cc(=O)[nH]c2ccccc12. The van der Waals surface area contributed by atoms with Crippen LogP contribution < -0.4 is 15.6 Å². The molecule has 2 aromatic carbocycles. The molecule has 0 aliphatic heterocycles. The second-order valence-electron chi connectivity index (χ2n) is 6.48. The van der Waals surface area contributed by atoms with Gasteiger partial charge in [0.2, 0.25) is 5.56 Å². The Bertz CT molecular complexity index is 1020. The minimum absolute atomic E-state index is 0.273. The number of fused-ring (bicyclic) bond motifs is 2. The second-order valence-corrected chi connectivity index (χ2v) is 6.48. The molecule has 0 spiro atoms. The minimum Gasteiger partial charge on any atom is -0.492 e. The molecule has 0 saturated heterocycles. The molecule has 1 aliphatic rings. The highest BCUT2D eigenvalue weighted by Gasteiger charge is 2.12. The van der Waals surface area contributed by atoms with Gasteiger partial charge in [0, 0.05) is 17.0 Å². The Morgan fingerprint density at radius 3 is 2.85 bits per heavy atom. The van der Waals surface area contributed by atoms with Crippen LogP contribution in [0.3, 0.4) is 0 Å². The number of carbonyl (C=O) groups is 1. The number of benzene rings is 2. The molecule has 1 aliphatic carbocycles. The highest BCUT2D eigenvalue weighted by atomic mass is 16.5. The number of amides is 1. The van der Waals surface area contributed by atoms with Crippen molar-refractivity contribution >= 4 is 16.8 Å².